The van der Waals surface area contributed by atoms with Crippen LogP contribution >= 0.6 is 0 Å². The Morgan fingerprint density at radius 1 is 1.12 bits per heavy atom. The fourth-order valence-corrected chi connectivity index (χ4v) is 3.84. The number of carbonyl (C=O) groups is 1. The first-order chi connectivity index (χ1) is 11.3. The van der Waals surface area contributed by atoms with Crippen molar-refractivity contribution in [1.29, 1.82) is 0 Å². The molecule has 24 heavy (non-hydrogen) atoms. The van der Waals surface area contributed by atoms with E-state index >= 15 is 0 Å². The third kappa shape index (κ3) is 3.65. The lowest BCUT2D eigenvalue weighted by atomic mass is 9.92. The highest BCUT2D eigenvalue weighted by molar-refractivity contribution is 5.92. The summed E-state index contributed by atoms with van der Waals surface area (Å²) in [4.78, 5) is 11.9. The number of fused-ring (bicyclic) bond motifs is 2. The smallest absolute Gasteiger partial charge is 0.334 e. The van der Waals surface area contributed by atoms with Gasteiger partial charge in [-0.2, -0.15) is 0 Å². The van der Waals surface area contributed by atoms with E-state index in [9.17, 15) is 9.90 Å². The van der Waals surface area contributed by atoms with Crippen molar-refractivity contribution in [2.75, 3.05) is 0 Å². The number of carbonyl (C=O) groups excluding carboxylic acids is 1. The Balaban J connectivity index is 1.84. The van der Waals surface area contributed by atoms with Crippen LogP contribution in [0.15, 0.2) is 34.4 Å². The molecule has 0 unspecified atom stereocenters. The van der Waals surface area contributed by atoms with Gasteiger partial charge in [0.2, 0.25) is 0 Å². The van der Waals surface area contributed by atoms with Crippen LogP contribution in [0, 0.1) is 0 Å². The minimum Gasteiger partial charge on any atom is -0.450 e. The maximum Gasteiger partial charge on any atom is 0.334 e. The molecule has 0 amide bonds. The molecule has 3 aliphatic rings. The van der Waals surface area contributed by atoms with Crippen molar-refractivity contribution in [3.63, 3.8) is 0 Å². The van der Waals surface area contributed by atoms with Crippen LogP contribution in [0.4, 0.5) is 0 Å². The third-order valence-corrected chi connectivity index (χ3v) is 5.52. The average molecular weight is 332 g/mol. The summed E-state index contributed by atoms with van der Waals surface area (Å²) in [5.74, 6) is -0.205. The number of allylic oxidation sites excluding steroid dienone is 2. The van der Waals surface area contributed by atoms with Crippen molar-refractivity contribution in [2.45, 2.75) is 83.7 Å². The zero-order valence-corrected chi connectivity index (χ0v) is 15.1. The van der Waals surface area contributed by atoms with Gasteiger partial charge in [0.05, 0.1) is 17.8 Å². The Hall–Kier alpha value is -1.39. The molecular formula is C20H28O4. The van der Waals surface area contributed by atoms with E-state index in [0.29, 0.717) is 6.42 Å². The van der Waals surface area contributed by atoms with E-state index in [2.05, 4.69) is 19.9 Å². The van der Waals surface area contributed by atoms with Crippen molar-refractivity contribution in [1.82, 2.24) is 0 Å². The predicted octanol–water partition coefficient (Wildman–Crippen LogP) is 3.60. The number of hydrogen-bond donors (Lipinski definition) is 1. The monoisotopic (exact) mass is 332 g/mol. The van der Waals surface area contributed by atoms with Gasteiger partial charge in [-0.3, -0.25) is 0 Å². The first kappa shape index (κ1) is 17.4. The standard InChI is InChI=1S/C20H28O4/c1-12-5-7-16-14(3)19(22)23-17(16)10-13(2)6-8-18-20(4,24-18)11-15(21)9-12/h9-10,15,17-18,21H,5-8,11H2,1-4H3/b12-9+,13-10+/t15-,17-,18+,20+/m0/s1. The van der Waals surface area contributed by atoms with Crippen molar-refractivity contribution in [3.05, 3.63) is 34.4 Å². The zero-order chi connectivity index (χ0) is 17.5. The highest BCUT2D eigenvalue weighted by Gasteiger charge is 2.52. The largest absolute Gasteiger partial charge is 0.450 e. The molecule has 0 aromatic carbocycles. The fraction of sp³-hybridized carbons (Fsp3) is 0.650. The SMILES string of the molecule is CC1=C2CC/C(C)=C/[C@H](O)C[C@@]3(C)O[C@@H]3CC/C(C)=C/[C@@H]2OC1=O. The molecular weight excluding hydrogens is 304 g/mol. The summed E-state index contributed by atoms with van der Waals surface area (Å²) in [6.45, 7) is 8.05. The summed E-state index contributed by atoms with van der Waals surface area (Å²) in [5.41, 5.74) is 3.97. The first-order valence-corrected chi connectivity index (χ1v) is 8.89. The van der Waals surface area contributed by atoms with E-state index in [1.165, 1.54) is 5.57 Å². The van der Waals surface area contributed by atoms with Crippen LogP contribution in [0.3, 0.4) is 0 Å². The summed E-state index contributed by atoms with van der Waals surface area (Å²) >= 11 is 0. The van der Waals surface area contributed by atoms with E-state index in [0.717, 1.165) is 42.4 Å². The molecule has 132 valence electrons. The molecule has 0 bridgehead atoms. The van der Waals surface area contributed by atoms with E-state index in [4.69, 9.17) is 9.47 Å². The van der Waals surface area contributed by atoms with Gasteiger partial charge in [-0.05, 0) is 65.0 Å². The predicted molar refractivity (Wildman–Crippen MR) is 92.5 cm³/mol. The van der Waals surface area contributed by atoms with Crippen molar-refractivity contribution in [2.24, 2.45) is 0 Å². The molecule has 4 atom stereocenters. The van der Waals surface area contributed by atoms with Gasteiger partial charge < -0.3 is 14.6 Å². The first-order valence-electron chi connectivity index (χ1n) is 8.89. The van der Waals surface area contributed by atoms with Gasteiger partial charge in [-0.15, -0.1) is 0 Å². The van der Waals surface area contributed by atoms with Gasteiger partial charge in [0.15, 0.2) is 0 Å². The third-order valence-electron chi connectivity index (χ3n) is 5.52. The Kier molecular flexibility index (Phi) is 4.71. The summed E-state index contributed by atoms with van der Waals surface area (Å²) in [6, 6.07) is 0. The molecule has 4 nitrogen and oxygen atoms in total. The van der Waals surface area contributed by atoms with Gasteiger partial charge in [0.1, 0.15) is 6.10 Å². The van der Waals surface area contributed by atoms with Crippen LogP contribution < -0.4 is 0 Å². The summed E-state index contributed by atoms with van der Waals surface area (Å²) in [7, 11) is 0. The molecule has 0 spiro atoms. The molecule has 1 saturated heterocycles. The van der Waals surface area contributed by atoms with Gasteiger partial charge in [0.25, 0.3) is 0 Å². The lowest BCUT2D eigenvalue weighted by Crippen LogP contribution is -2.19. The number of esters is 1. The zero-order valence-electron chi connectivity index (χ0n) is 15.1. The molecule has 2 heterocycles. The average Bonchev–Trinajstić information content (AvgIpc) is 3.04. The molecule has 0 aromatic heterocycles. The Morgan fingerprint density at radius 3 is 2.58 bits per heavy atom. The van der Waals surface area contributed by atoms with E-state index in [1.54, 1.807) is 0 Å². The molecule has 1 N–H and O–H groups in total. The molecule has 2 aliphatic heterocycles. The summed E-state index contributed by atoms with van der Waals surface area (Å²) < 4.78 is 11.4. The van der Waals surface area contributed by atoms with Crippen LogP contribution in [0.5, 0.6) is 0 Å². The Morgan fingerprint density at radius 2 is 1.83 bits per heavy atom. The van der Waals surface area contributed by atoms with Crippen LogP contribution in [0.25, 0.3) is 0 Å². The Bertz CT molecular complexity index is 628. The second-order valence-electron chi connectivity index (χ2n) is 7.73. The molecule has 0 aromatic rings. The molecule has 3 rings (SSSR count). The number of aliphatic hydroxyl groups excluding tert-OH is 1. The topological polar surface area (TPSA) is 59.1 Å². The van der Waals surface area contributed by atoms with Crippen LogP contribution in [-0.2, 0) is 14.3 Å². The van der Waals surface area contributed by atoms with Gasteiger partial charge >= 0.3 is 5.97 Å². The number of epoxide rings is 1. The highest BCUT2D eigenvalue weighted by Crippen LogP contribution is 2.44. The van der Waals surface area contributed by atoms with Crippen molar-refractivity contribution >= 4 is 5.97 Å². The second kappa shape index (κ2) is 6.49. The fourth-order valence-electron chi connectivity index (χ4n) is 3.84. The van der Waals surface area contributed by atoms with Gasteiger partial charge in [0, 0.05) is 12.0 Å². The second-order valence-corrected chi connectivity index (χ2v) is 7.73. The van der Waals surface area contributed by atoms with Gasteiger partial charge in [-0.25, -0.2) is 4.79 Å². The van der Waals surface area contributed by atoms with Crippen molar-refractivity contribution < 1.29 is 19.4 Å². The number of hydrogen-bond acceptors (Lipinski definition) is 4. The number of aliphatic hydroxyl groups is 1. The molecule has 4 heteroatoms. The van der Waals surface area contributed by atoms with E-state index < -0.39 is 6.10 Å². The summed E-state index contributed by atoms with van der Waals surface area (Å²) in [5, 5.41) is 10.3. The van der Waals surface area contributed by atoms with Crippen molar-refractivity contribution in [3.8, 4) is 0 Å². The maximum absolute atomic E-state index is 11.9. The molecule has 1 fully saturated rings. The lowest BCUT2D eigenvalue weighted by Gasteiger charge is -2.15. The number of ether oxygens (including phenoxy) is 2. The molecule has 1 aliphatic carbocycles. The Labute approximate surface area is 144 Å². The minimum atomic E-state index is -0.480. The minimum absolute atomic E-state index is 0.204. The van der Waals surface area contributed by atoms with E-state index in [-0.39, 0.29) is 23.8 Å². The summed E-state index contributed by atoms with van der Waals surface area (Å²) in [6.07, 6.45) is 7.62. The quantitative estimate of drug-likeness (QED) is 0.418. The number of rotatable bonds is 0. The van der Waals surface area contributed by atoms with E-state index in [1.807, 2.05) is 19.9 Å². The van der Waals surface area contributed by atoms with Crippen LogP contribution in [0.2, 0.25) is 0 Å². The normalized spacial score (nSPS) is 42.0. The van der Waals surface area contributed by atoms with Crippen LogP contribution in [-0.4, -0.2) is 35.0 Å². The molecule has 0 radical (unpaired) electrons. The maximum atomic E-state index is 11.9. The lowest BCUT2D eigenvalue weighted by molar-refractivity contribution is -0.138. The molecule has 0 saturated carbocycles. The van der Waals surface area contributed by atoms with Crippen LogP contribution in [0.1, 0.15) is 59.8 Å². The van der Waals surface area contributed by atoms with Gasteiger partial charge in [-0.1, -0.05) is 17.2 Å². The highest BCUT2D eigenvalue weighted by atomic mass is 16.6.